The van der Waals surface area contributed by atoms with Crippen LogP contribution in [-0.4, -0.2) is 9.13 Å². The van der Waals surface area contributed by atoms with Crippen LogP contribution in [0, 0.1) is 0 Å². The molecule has 3 aliphatic rings. The zero-order chi connectivity index (χ0) is 37.5. The van der Waals surface area contributed by atoms with Gasteiger partial charge in [-0.3, -0.25) is 0 Å². The topological polar surface area (TPSA) is 9.86 Å². The van der Waals surface area contributed by atoms with Gasteiger partial charge in [0.25, 0.3) is 0 Å². The molecule has 0 aliphatic heterocycles. The van der Waals surface area contributed by atoms with E-state index < -0.39 is 0 Å². The van der Waals surface area contributed by atoms with Crippen LogP contribution in [0.3, 0.4) is 0 Å². The van der Waals surface area contributed by atoms with Crippen LogP contribution in [0.4, 0.5) is 0 Å². The number of nitrogens with zero attached hydrogens (tertiary/aromatic N) is 2. The van der Waals surface area contributed by atoms with Crippen LogP contribution in [0.5, 0.6) is 0 Å². The van der Waals surface area contributed by atoms with Crippen LogP contribution in [0.25, 0.3) is 76.1 Å². The van der Waals surface area contributed by atoms with Crippen molar-refractivity contribution >= 4 is 65.0 Å². The molecule has 3 aliphatic carbocycles. The molecule has 0 N–H and O–H groups in total. The molecule has 12 rings (SSSR count). The van der Waals surface area contributed by atoms with Crippen LogP contribution in [-0.2, 0) is 12.8 Å². The van der Waals surface area contributed by atoms with Crippen molar-refractivity contribution in [2.75, 3.05) is 0 Å². The fourth-order valence-corrected chi connectivity index (χ4v) is 11.0. The first-order valence-electron chi connectivity index (χ1n) is 20.4. The van der Waals surface area contributed by atoms with Crippen LogP contribution >= 0.6 is 11.3 Å². The summed E-state index contributed by atoms with van der Waals surface area (Å²) in [5.74, 6) is 0. The maximum atomic E-state index is 2.58. The molecule has 0 bridgehead atoms. The average molecular weight is 749 g/mol. The monoisotopic (exact) mass is 748 g/mol. The fourth-order valence-electron chi connectivity index (χ4n) is 9.98. The summed E-state index contributed by atoms with van der Waals surface area (Å²) in [6.07, 6.45) is 18.3. The van der Waals surface area contributed by atoms with Crippen molar-refractivity contribution in [3.63, 3.8) is 0 Å². The molecule has 0 unspecified atom stereocenters. The van der Waals surface area contributed by atoms with Gasteiger partial charge in [-0.1, -0.05) is 103 Å². The first kappa shape index (κ1) is 32.8. The summed E-state index contributed by atoms with van der Waals surface area (Å²) >= 11 is 1.89. The number of allylic oxidation sites excluding steroid dienone is 6. The number of thiophene rings is 1. The van der Waals surface area contributed by atoms with Crippen molar-refractivity contribution < 1.29 is 0 Å². The second-order valence-corrected chi connectivity index (χ2v) is 16.9. The third-order valence-corrected chi connectivity index (χ3v) is 13.8. The molecule has 2 nitrogen and oxygen atoms in total. The van der Waals surface area contributed by atoms with E-state index >= 15 is 0 Å². The third-order valence-electron chi connectivity index (χ3n) is 12.6. The number of aryl methyl sites for hydroxylation is 1. The molecule has 0 atom stereocenters. The summed E-state index contributed by atoms with van der Waals surface area (Å²) in [7, 11) is 0. The van der Waals surface area contributed by atoms with Crippen molar-refractivity contribution in [1.82, 2.24) is 9.13 Å². The van der Waals surface area contributed by atoms with Gasteiger partial charge in [0.05, 0.1) is 16.7 Å². The minimum absolute atomic E-state index is 1.03. The van der Waals surface area contributed by atoms with Crippen molar-refractivity contribution in [1.29, 1.82) is 0 Å². The van der Waals surface area contributed by atoms with Gasteiger partial charge in [-0.25, -0.2) is 0 Å². The van der Waals surface area contributed by atoms with Gasteiger partial charge in [0.2, 0.25) is 0 Å². The molecule has 0 amide bonds. The minimum Gasteiger partial charge on any atom is -0.313 e. The van der Waals surface area contributed by atoms with Crippen LogP contribution in [0.1, 0.15) is 53.8 Å². The van der Waals surface area contributed by atoms with Gasteiger partial charge in [0.15, 0.2) is 0 Å². The Bertz CT molecular complexity index is 3210. The van der Waals surface area contributed by atoms with E-state index in [0.29, 0.717) is 0 Å². The van der Waals surface area contributed by atoms with Gasteiger partial charge in [0, 0.05) is 59.1 Å². The van der Waals surface area contributed by atoms with E-state index in [-0.39, 0.29) is 0 Å². The van der Waals surface area contributed by atoms with E-state index in [2.05, 4.69) is 179 Å². The molecule has 9 aromatic rings. The Morgan fingerprint density at radius 3 is 2.07 bits per heavy atom. The molecule has 0 radical (unpaired) electrons. The zero-order valence-electron chi connectivity index (χ0n) is 31.7. The standard InChI is InChI=1S/C54H40N2S/c1-4-13-35(14-5-1)37-23-27-50-45(31-37)46-34-41(26-28-51(46)55(50)40-17-8-3-9-18-40)56-49-22-11-10-19-43(49)44-21-12-20-42(54(44)56)39-25-30-53-48(33-39)47-32-38(24-29-52(47)57-53)36-15-6-2-7-16-36/h1-4,6-11,13,15-20,22,24-26,28-34H,5,12,14,21,23,27H2. The average Bonchev–Trinajstić information content (AvgIpc) is 3.94. The Balaban J connectivity index is 1.06. The summed E-state index contributed by atoms with van der Waals surface area (Å²) < 4.78 is 7.77. The highest BCUT2D eigenvalue weighted by Crippen LogP contribution is 2.45. The Morgan fingerprint density at radius 1 is 0.491 bits per heavy atom. The first-order valence-corrected chi connectivity index (χ1v) is 21.2. The molecule has 3 heteroatoms. The van der Waals surface area contributed by atoms with E-state index in [1.54, 1.807) is 0 Å². The predicted octanol–water partition coefficient (Wildman–Crippen LogP) is 14.6. The van der Waals surface area contributed by atoms with Crippen LogP contribution in [0.15, 0.2) is 175 Å². The lowest BCUT2D eigenvalue weighted by Gasteiger charge is -2.20. The van der Waals surface area contributed by atoms with Gasteiger partial charge in [-0.2, -0.15) is 0 Å². The van der Waals surface area contributed by atoms with Gasteiger partial charge >= 0.3 is 0 Å². The highest BCUT2D eigenvalue weighted by molar-refractivity contribution is 7.25. The summed E-state index contributed by atoms with van der Waals surface area (Å²) in [4.78, 5) is 0. The van der Waals surface area contributed by atoms with Crippen molar-refractivity contribution in [2.24, 2.45) is 0 Å². The highest BCUT2D eigenvalue weighted by atomic mass is 32.1. The number of para-hydroxylation sites is 2. The van der Waals surface area contributed by atoms with E-state index in [4.69, 9.17) is 0 Å². The first-order chi connectivity index (χ1) is 28.3. The number of hydrogen-bond acceptors (Lipinski definition) is 1. The summed E-state index contributed by atoms with van der Waals surface area (Å²) in [5.41, 5.74) is 18.7. The van der Waals surface area contributed by atoms with E-state index in [1.807, 2.05) is 11.3 Å². The number of benzene rings is 6. The Kier molecular flexibility index (Phi) is 7.52. The van der Waals surface area contributed by atoms with Gasteiger partial charge in [-0.15, -0.1) is 11.3 Å². The summed E-state index contributed by atoms with van der Waals surface area (Å²) in [5, 5.41) is 5.35. The number of fused-ring (bicyclic) bond motifs is 9. The molecular formula is C54H40N2S. The van der Waals surface area contributed by atoms with Crippen molar-refractivity contribution in [2.45, 2.75) is 38.5 Å². The van der Waals surface area contributed by atoms with E-state index in [9.17, 15) is 0 Å². The van der Waals surface area contributed by atoms with Crippen molar-refractivity contribution in [3.05, 3.63) is 203 Å². The number of hydrogen-bond donors (Lipinski definition) is 0. The molecule has 0 saturated heterocycles. The van der Waals surface area contributed by atoms with Crippen LogP contribution < -0.4 is 0 Å². The quantitative estimate of drug-likeness (QED) is 0.166. The van der Waals surface area contributed by atoms with E-state index in [1.165, 1.54) is 109 Å². The molecule has 3 heterocycles. The molecule has 6 aromatic carbocycles. The normalized spacial score (nSPS) is 15.2. The molecule has 57 heavy (non-hydrogen) atoms. The van der Waals surface area contributed by atoms with Crippen LogP contribution in [0.2, 0.25) is 0 Å². The highest BCUT2D eigenvalue weighted by Gasteiger charge is 2.27. The van der Waals surface area contributed by atoms with Gasteiger partial charge in [0.1, 0.15) is 0 Å². The SMILES string of the molecule is C1=CCCC(C2=Cc3c(n(-c4ccccc4)c4ccc(-n5c6c(c7ccccc75)CCC=C6c5ccc6sc7ccc(-c8ccccc8)cc7c6c5)cc34)CC2)=C1. The Morgan fingerprint density at radius 2 is 1.25 bits per heavy atom. The van der Waals surface area contributed by atoms with Gasteiger partial charge in [-0.05, 0) is 139 Å². The minimum atomic E-state index is 1.03. The molecular weight excluding hydrogens is 709 g/mol. The largest absolute Gasteiger partial charge is 0.313 e. The molecule has 0 spiro atoms. The maximum Gasteiger partial charge on any atom is 0.0575 e. The number of aromatic nitrogens is 2. The second kappa shape index (κ2) is 13.1. The molecule has 0 fully saturated rings. The molecule has 272 valence electrons. The lowest BCUT2D eigenvalue weighted by molar-refractivity contribution is 0.840. The van der Waals surface area contributed by atoms with E-state index in [0.717, 1.165) is 38.5 Å². The lowest BCUT2D eigenvalue weighted by atomic mass is 9.87. The molecule has 0 saturated carbocycles. The third kappa shape index (κ3) is 5.22. The van der Waals surface area contributed by atoms with Gasteiger partial charge < -0.3 is 9.13 Å². The number of rotatable bonds is 5. The fraction of sp³-hybridized carbons (Fsp3) is 0.111. The smallest absolute Gasteiger partial charge is 0.0575 e. The van der Waals surface area contributed by atoms with Crippen molar-refractivity contribution in [3.8, 4) is 22.5 Å². The summed E-state index contributed by atoms with van der Waals surface area (Å²) in [6, 6.07) is 52.2. The molecule has 3 aromatic heterocycles. The Labute approximate surface area is 336 Å². The lowest BCUT2D eigenvalue weighted by Crippen LogP contribution is -2.06. The summed E-state index contributed by atoms with van der Waals surface area (Å²) in [6.45, 7) is 0. The maximum absolute atomic E-state index is 2.58. The second-order valence-electron chi connectivity index (χ2n) is 15.8. The Hall–Kier alpha value is -6.42. The zero-order valence-corrected chi connectivity index (χ0v) is 32.5. The predicted molar refractivity (Wildman–Crippen MR) is 243 cm³/mol.